The van der Waals surface area contributed by atoms with Gasteiger partial charge in [-0.3, -0.25) is 0 Å². The van der Waals surface area contributed by atoms with Gasteiger partial charge in [-0.1, -0.05) is 19.3 Å². The number of likely N-dealkylation sites (N-methyl/N-ethyl adjacent to an activating group) is 1. The van der Waals surface area contributed by atoms with E-state index >= 15 is 0 Å². The van der Waals surface area contributed by atoms with E-state index in [0.29, 0.717) is 12.0 Å². The van der Waals surface area contributed by atoms with Crippen molar-refractivity contribution in [1.29, 1.82) is 0 Å². The van der Waals surface area contributed by atoms with Crippen LogP contribution in [0.15, 0.2) is 0 Å². The zero-order chi connectivity index (χ0) is 18.7. The van der Waals surface area contributed by atoms with Crippen LogP contribution in [0.2, 0.25) is 0 Å². The molecule has 1 saturated carbocycles. The summed E-state index contributed by atoms with van der Waals surface area (Å²) in [5, 5.41) is 0. The van der Waals surface area contributed by atoms with E-state index in [1.54, 1.807) is 0 Å². The zero-order valence-electron chi connectivity index (χ0n) is 17.0. The van der Waals surface area contributed by atoms with Gasteiger partial charge in [0.15, 0.2) is 0 Å². The molecule has 154 valence electrons. The van der Waals surface area contributed by atoms with Gasteiger partial charge >= 0.3 is 6.09 Å². The van der Waals surface area contributed by atoms with E-state index in [1.807, 2.05) is 4.90 Å². The van der Waals surface area contributed by atoms with Gasteiger partial charge in [0.05, 0.1) is 13.2 Å². The molecule has 1 atom stereocenters. The van der Waals surface area contributed by atoms with E-state index in [0.717, 1.165) is 65.3 Å². The summed E-state index contributed by atoms with van der Waals surface area (Å²) in [6.07, 6.45) is 9.77. The Hall–Kier alpha value is -0.850. The van der Waals surface area contributed by atoms with Crippen LogP contribution in [0.3, 0.4) is 0 Å². The zero-order valence-corrected chi connectivity index (χ0v) is 17.0. The van der Waals surface area contributed by atoms with Gasteiger partial charge < -0.3 is 24.2 Å². The highest BCUT2D eigenvalue weighted by Crippen LogP contribution is 2.34. The fraction of sp³-hybridized carbons (Fsp3) is 0.952. The number of hydrogen-bond acceptors (Lipinski definition) is 5. The minimum Gasteiger partial charge on any atom is -0.441 e. The second-order valence-corrected chi connectivity index (χ2v) is 9.28. The van der Waals surface area contributed by atoms with Crippen molar-refractivity contribution in [1.82, 2.24) is 14.7 Å². The first-order valence-electron chi connectivity index (χ1n) is 11.1. The van der Waals surface area contributed by atoms with Crippen molar-refractivity contribution in [3.05, 3.63) is 0 Å². The predicted molar refractivity (Wildman–Crippen MR) is 105 cm³/mol. The average molecular weight is 380 g/mol. The summed E-state index contributed by atoms with van der Waals surface area (Å²) in [6.45, 7) is 7.60. The molecule has 6 heteroatoms. The first kappa shape index (κ1) is 19.5. The number of ether oxygens (including phenoxy) is 2. The largest absolute Gasteiger partial charge is 0.441 e. The number of amides is 1. The number of carbonyl (C=O) groups is 1. The molecule has 0 aromatic heterocycles. The lowest BCUT2D eigenvalue weighted by atomic mass is 9.90. The lowest BCUT2D eigenvalue weighted by molar-refractivity contribution is -0.00293. The summed E-state index contributed by atoms with van der Waals surface area (Å²) in [7, 11) is 2.22. The summed E-state index contributed by atoms with van der Waals surface area (Å²) in [5.41, 5.74) is -0.233. The van der Waals surface area contributed by atoms with Crippen molar-refractivity contribution < 1.29 is 14.3 Å². The Morgan fingerprint density at radius 1 is 1.15 bits per heavy atom. The fourth-order valence-electron chi connectivity index (χ4n) is 5.34. The Bertz CT molecular complexity index is 495. The Morgan fingerprint density at radius 2 is 1.93 bits per heavy atom. The first-order chi connectivity index (χ1) is 13.1. The van der Waals surface area contributed by atoms with Crippen LogP contribution in [-0.4, -0.2) is 92.0 Å². The Labute approximate surface area is 164 Å². The Balaban J connectivity index is 1.21. The molecule has 3 aliphatic heterocycles. The molecule has 0 aromatic carbocycles. The van der Waals surface area contributed by atoms with E-state index in [9.17, 15) is 4.79 Å². The quantitative estimate of drug-likeness (QED) is 0.710. The van der Waals surface area contributed by atoms with Crippen LogP contribution >= 0.6 is 0 Å². The molecule has 4 fully saturated rings. The highest BCUT2D eigenvalue weighted by atomic mass is 16.6. The van der Waals surface area contributed by atoms with Crippen molar-refractivity contribution in [2.75, 3.05) is 59.5 Å². The topological polar surface area (TPSA) is 45.2 Å². The van der Waals surface area contributed by atoms with E-state index in [4.69, 9.17) is 9.47 Å². The molecule has 1 aliphatic carbocycles. The van der Waals surface area contributed by atoms with Crippen molar-refractivity contribution in [2.24, 2.45) is 5.92 Å². The van der Waals surface area contributed by atoms with Crippen LogP contribution < -0.4 is 0 Å². The molecule has 3 heterocycles. The van der Waals surface area contributed by atoms with E-state index in [-0.39, 0.29) is 11.7 Å². The van der Waals surface area contributed by atoms with Crippen LogP contribution in [0.25, 0.3) is 0 Å². The van der Waals surface area contributed by atoms with Gasteiger partial charge in [0.2, 0.25) is 0 Å². The van der Waals surface area contributed by atoms with Crippen LogP contribution in [-0.2, 0) is 9.47 Å². The Kier molecular flexibility index (Phi) is 6.25. The average Bonchev–Trinajstić information content (AvgIpc) is 3.30. The molecule has 1 spiro atoms. The van der Waals surface area contributed by atoms with Crippen molar-refractivity contribution in [3.8, 4) is 0 Å². The van der Waals surface area contributed by atoms with Crippen molar-refractivity contribution >= 4 is 6.09 Å². The van der Waals surface area contributed by atoms with Crippen LogP contribution in [0.4, 0.5) is 4.79 Å². The summed E-state index contributed by atoms with van der Waals surface area (Å²) in [6, 6.07) is 0.703. The molecule has 1 amide bonds. The molecule has 0 bridgehead atoms. The maximum atomic E-state index is 12.5. The minimum atomic E-state index is -0.233. The smallest absolute Gasteiger partial charge is 0.410 e. The maximum absolute atomic E-state index is 12.5. The SMILES string of the molecule is CN(CCN1CC2(CCN(C[C@H]3CCOC3)CC2)OC1=O)C1CCCCC1. The summed E-state index contributed by atoms with van der Waals surface area (Å²) in [4.78, 5) is 19.4. The fourth-order valence-corrected chi connectivity index (χ4v) is 5.34. The van der Waals surface area contributed by atoms with Crippen LogP contribution in [0.1, 0.15) is 51.4 Å². The molecular weight excluding hydrogens is 342 g/mol. The lowest BCUT2D eigenvalue weighted by Gasteiger charge is -2.38. The molecule has 4 rings (SSSR count). The number of hydrogen-bond donors (Lipinski definition) is 0. The van der Waals surface area contributed by atoms with Gasteiger partial charge in [-0.15, -0.1) is 0 Å². The van der Waals surface area contributed by atoms with Gasteiger partial charge in [-0.05, 0) is 32.2 Å². The summed E-state index contributed by atoms with van der Waals surface area (Å²) in [5.74, 6) is 0.692. The number of likely N-dealkylation sites (tertiary alicyclic amines) is 1. The molecule has 3 saturated heterocycles. The van der Waals surface area contributed by atoms with E-state index in [2.05, 4.69) is 16.8 Å². The summed E-state index contributed by atoms with van der Waals surface area (Å²) >= 11 is 0. The molecule has 0 unspecified atom stereocenters. The molecular formula is C21H37N3O3. The monoisotopic (exact) mass is 379 g/mol. The van der Waals surface area contributed by atoms with E-state index in [1.165, 1.54) is 38.5 Å². The van der Waals surface area contributed by atoms with Gasteiger partial charge in [0.1, 0.15) is 5.60 Å². The van der Waals surface area contributed by atoms with Crippen LogP contribution in [0.5, 0.6) is 0 Å². The molecule has 0 N–H and O–H groups in total. The first-order valence-corrected chi connectivity index (χ1v) is 11.1. The number of carbonyl (C=O) groups excluding carboxylic acids is 1. The van der Waals surface area contributed by atoms with E-state index < -0.39 is 0 Å². The maximum Gasteiger partial charge on any atom is 0.410 e. The van der Waals surface area contributed by atoms with Gasteiger partial charge in [-0.25, -0.2) is 4.79 Å². The minimum absolute atomic E-state index is 0.0929. The van der Waals surface area contributed by atoms with Crippen molar-refractivity contribution in [3.63, 3.8) is 0 Å². The molecule has 0 aromatic rings. The standard InChI is InChI=1S/C21H37N3O3/c1-22(19-5-3-2-4-6-19)12-13-24-17-21(27-20(24)25)8-10-23(11-9-21)15-18-7-14-26-16-18/h18-19H,2-17H2,1H3/t18-/m1/s1. The number of rotatable bonds is 6. The second-order valence-electron chi connectivity index (χ2n) is 9.28. The molecule has 0 radical (unpaired) electrons. The highest BCUT2D eigenvalue weighted by Gasteiger charge is 2.47. The van der Waals surface area contributed by atoms with Gasteiger partial charge in [-0.2, -0.15) is 0 Å². The molecule has 27 heavy (non-hydrogen) atoms. The third-order valence-corrected chi connectivity index (χ3v) is 7.27. The third kappa shape index (κ3) is 4.77. The van der Waals surface area contributed by atoms with Gasteiger partial charge in [0.25, 0.3) is 0 Å². The third-order valence-electron chi connectivity index (χ3n) is 7.27. The second kappa shape index (κ2) is 8.66. The van der Waals surface area contributed by atoms with Crippen LogP contribution in [0, 0.1) is 5.92 Å². The number of nitrogens with zero attached hydrogens (tertiary/aromatic N) is 3. The van der Waals surface area contributed by atoms with Crippen molar-refractivity contribution in [2.45, 2.75) is 63.0 Å². The lowest BCUT2D eigenvalue weighted by Crippen LogP contribution is -2.48. The highest BCUT2D eigenvalue weighted by molar-refractivity contribution is 5.70. The Morgan fingerprint density at radius 3 is 2.63 bits per heavy atom. The normalized spacial score (nSPS) is 29.8. The number of piperidine rings is 1. The molecule has 4 aliphatic rings. The molecule has 6 nitrogen and oxygen atoms in total. The van der Waals surface area contributed by atoms with Gasteiger partial charge in [0, 0.05) is 58.2 Å². The predicted octanol–water partition coefficient (Wildman–Crippen LogP) is 2.57. The summed E-state index contributed by atoms with van der Waals surface area (Å²) < 4.78 is 11.4.